The maximum atomic E-state index is 2.35. The van der Waals surface area contributed by atoms with Gasteiger partial charge in [0.05, 0.1) is 13.1 Å². The zero-order valence-corrected chi connectivity index (χ0v) is 10.6. The lowest BCUT2D eigenvalue weighted by atomic mass is 9.83. The fraction of sp³-hybridized carbons (Fsp3) is 0.600. The minimum Gasteiger partial charge on any atom is -0.326 e. The van der Waals surface area contributed by atoms with E-state index < -0.39 is 0 Å². The van der Waals surface area contributed by atoms with Gasteiger partial charge in [0.2, 0.25) is 0 Å². The van der Waals surface area contributed by atoms with E-state index in [0.717, 1.165) is 0 Å². The molecule has 0 bridgehead atoms. The lowest BCUT2D eigenvalue weighted by molar-refractivity contribution is -0.951. The highest BCUT2D eigenvalue weighted by molar-refractivity contribution is 5.21. The smallest absolute Gasteiger partial charge is 0.123 e. The molecule has 1 aromatic rings. The maximum absolute atomic E-state index is 2.35. The number of rotatable bonds is 4. The van der Waals surface area contributed by atoms with E-state index in [1.807, 2.05) is 4.90 Å². The third-order valence-electron chi connectivity index (χ3n) is 4.42. The number of nitrogens with one attached hydrogen (secondary N) is 1. The Morgan fingerprint density at radius 3 is 2.06 bits per heavy atom. The fourth-order valence-corrected chi connectivity index (χ4v) is 3.40. The van der Waals surface area contributed by atoms with Crippen LogP contribution in [0.2, 0.25) is 0 Å². The minimum atomic E-state index is 0.373. The number of hydrogen-bond donors (Lipinski definition) is 1. The summed E-state index contributed by atoms with van der Waals surface area (Å²) < 4.78 is 0. The van der Waals surface area contributed by atoms with E-state index in [-0.39, 0.29) is 0 Å². The van der Waals surface area contributed by atoms with Crippen LogP contribution in [0.3, 0.4) is 0 Å². The summed E-state index contributed by atoms with van der Waals surface area (Å²) in [5.74, 6) is 0. The van der Waals surface area contributed by atoms with Crippen molar-refractivity contribution in [2.24, 2.45) is 0 Å². The molecule has 1 heterocycles. The molecule has 0 unspecified atom stereocenters. The molecule has 1 nitrogen and oxygen atoms in total. The van der Waals surface area contributed by atoms with Gasteiger partial charge in [-0.3, -0.25) is 0 Å². The van der Waals surface area contributed by atoms with Gasteiger partial charge < -0.3 is 4.90 Å². The van der Waals surface area contributed by atoms with Crippen molar-refractivity contribution < 1.29 is 4.90 Å². The summed E-state index contributed by atoms with van der Waals surface area (Å²) in [5.41, 5.74) is 1.91. The van der Waals surface area contributed by atoms with Gasteiger partial charge in [0, 0.05) is 31.2 Å². The van der Waals surface area contributed by atoms with E-state index >= 15 is 0 Å². The Kier molecular flexibility index (Phi) is 3.65. The normalized spacial score (nSPS) is 17.9. The van der Waals surface area contributed by atoms with Crippen LogP contribution in [0.5, 0.6) is 0 Å². The highest BCUT2D eigenvalue weighted by Gasteiger charge is 2.40. The van der Waals surface area contributed by atoms with E-state index in [0.29, 0.717) is 5.54 Å². The van der Waals surface area contributed by atoms with Gasteiger partial charge in [-0.25, -0.2) is 0 Å². The average molecular weight is 218 g/mol. The Balaban J connectivity index is 2.34. The van der Waals surface area contributed by atoms with E-state index in [1.165, 1.54) is 44.3 Å². The van der Waals surface area contributed by atoms with Crippen LogP contribution in [0.1, 0.15) is 45.1 Å². The fourth-order valence-electron chi connectivity index (χ4n) is 3.40. The molecule has 0 spiro atoms. The van der Waals surface area contributed by atoms with Crippen molar-refractivity contribution in [1.29, 1.82) is 0 Å². The van der Waals surface area contributed by atoms with E-state index in [9.17, 15) is 0 Å². The summed E-state index contributed by atoms with van der Waals surface area (Å²) in [6.45, 7) is 7.41. The monoisotopic (exact) mass is 218 g/mol. The summed E-state index contributed by atoms with van der Waals surface area (Å²) >= 11 is 0. The van der Waals surface area contributed by atoms with E-state index in [1.54, 1.807) is 0 Å². The van der Waals surface area contributed by atoms with Crippen LogP contribution >= 0.6 is 0 Å². The topological polar surface area (TPSA) is 4.44 Å². The summed E-state index contributed by atoms with van der Waals surface area (Å²) in [6, 6.07) is 11.1. The summed E-state index contributed by atoms with van der Waals surface area (Å²) in [6.07, 6.45) is 5.32. The molecule has 1 saturated heterocycles. The van der Waals surface area contributed by atoms with E-state index in [4.69, 9.17) is 0 Å². The average Bonchev–Trinajstić information content (AvgIpc) is 2.87. The van der Waals surface area contributed by atoms with Crippen LogP contribution in [-0.4, -0.2) is 13.1 Å². The molecule has 88 valence electrons. The van der Waals surface area contributed by atoms with Gasteiger partial charge in [-0.2, -0.15) is 0 Å². The van der Waals surface area contributed by atoms with Crippen LogP contribution in [-0.2, 0) is 5.54 Å². The van der Waals surface area contributed by atoms with Gasteiger partial charge in [-0.1, -0.05) is 44.2 Å². The predicted molar refractivity (Wildman–Crippen MR) is 68.6 cm³/mol. The first-order valence-electron chi connectivity index (χ1n) is 6.74. The predicted octanol–water partition coefficient (Wildman–Crippen LogP) is 2.38. The number of benzene rings is 1. The highest BCUT2D eigenvalue weighted by Crippen LogP contribution is 2.26. The van der Waals surface area contributed by atoms with Gasteiger partial charge in [0.1, 0.15) is 5.54 Å². The van der Waals surface area contributed by atoms with Crippen LogP contribution in [0.25, 0.3) is 0 Å². The molecule has 0 atom stereocenters. The second-order valence-corrected chi connectivity index (χ2v) is 4.97. The molecule has 1 N–H and O–H groups in total. The van der Waals surface area contributed by atoms with Gasteiger partial charge in [-0.05, 0) is 0 Å². The zero-order valence-electron chi connectivity index (χ0n) is 10.6. The van der Waals surface area contributed by atoms with Crippen molar-refractivity contribution in [3.63, 3.8) is 0 Å². The van der Waals surface area contributed by atoms with Gasteiger partial charge in [0.25, 0.3) is 0 Å². The van der Waals surface area contributed by atoms with Gasteiger partial charge >= 0.3 is 0 Å². The number of quaternary nitrogens is 1. The standard InChI is InChI=1S/C15H23N/c1-3-15(4-2,16-12-8-9-13-16)14-10-6-5-7-11-14/h5-7,10-11H,3-4,8-9,12-13H2,1-2H3/p+1. The van der Waals surface area contributed by atoms with Crippen molar-refractivity contribution in [3.8, 4) is 0 Å². The molecule has 0 aliphatic carbocycles. The Labute approximate surface area is 99.5 Å². The Morgan fingerprint density at radius 1 is 1.00 bits per heavy atom. The first-order valence-corrected chi connectivity index (χ1v) is 6.74. The summed E-state index contributed by atoms with van der Waals surface area (Å²) in [7, 11) is 0. The van der Waals surface area contributed by atoms with Crippen LogP contribution < -0.4 is 4.90 Å². The third-order valence-corrected chi connectivity index (χ3v) is 4.42. The Hall–Kier alpha value is -0.820. The molecule has 1 heteroatoms. The van der Waals surface area contributed by atoms with Crippen molar-refractivity contribution >= 4 is 0 Å². The summed E-state index contributed by atoms with van der Waals surface area (Å²) in [5, 5.41) is 0. The highest BCUT2D eigenvalue weighted by atomic mass is 15.2. The Morgan fingerprint density at radius 2 is 1.56 bits per heavy atom. The van der Waals surface area contributed by atoms with Crippen molar-refractivity contribution in [2.45, 2.75) is 45.1 Å². The minimum absolute atomic E-state index is 0.373. The molecule has 0 saturated carbocycles. The van der Waals surface area contributed by atoms with Gasteiger partial charge in [0.15, 0.2) is 0 Å². The molecule has 1 aromatic carbocycles. The zero-order chi connectivity index (χ0) is 11.4. The Bertz CT molecular complexity index is 307. The molecule has 0 amide bonds. The second kappa shape index (κ2) is 5.01. The van der Waals surface area contributed by atoms with Crippen molar-refractivity contribution in [2.75, 3.05) is 13.1 Å². The molecule has 2 rings (SSSR count). The SMILES string of the molecule is CCC(CC)(c1ccccc1)[NH+]1CCCC1. The van der Waals surface area contributed by atoms with Crippen LogP contribution in [0, 0.1) is 0 Å². The first kappa shape index (κ1) is 11.7. The van der Waals surface area contributed by atoms with Crippen molar-refractivity contribution in [1.82, 2.24) is 0 Å². The molecule has 1 aliphatic heterocycles. The van der Waals surface area contributed by atoms with Crippen LogP contribution in [0.15, 0.2) is 30.3 Å². The second-order valence-electron chi connectivity index (χ2n) is 4.97. The lowest BCUT2D eigenvalue weighted by Crippen LogP contribution is -3.17. The maximum Gasteiger partial charge on any atom is 0.123 e. The largest absolute Gasteiger partial charge is 0.326 e. The number of likely N-dealkylation sites (tertiary alicyclic amines) is 1. The molecule has 0 radical (unpaired) electrons. The third kappa shape index (κ3) is 1.89. The molecule has 1 aliphatic rings. The number of hydrogen-bond acceptors (Lipinski definition) is 0. The first-order chi connectivity index (χ1) is 7.83. The quantitative estimate of drug-likeness (QED) is 0.791. The molecule has 1 fully saturated rings. The molecule has 0 aromatic heterocycles. The molecule has 16 heavy (non-hydrogen) atoms. The van der Waals surface area contributed by atoms with Gasteiger partial charge in [-0.15, -0.1) is 0 Å². The van der Waals surface area contributed by atoms with E-state index in [2.05, 4.69) is 44.2 Å². The summed E-state index contributed by atoms with van der Waals surface area (Å²) in [4.78, 5) is 1.81. The van der Waals surface area contributed by atoms with Crippen LogP contribution in [0.4, 0.5) is 0 Å². The molecular weight excluding hydrogens is 194 g/mol. The molecular formula is C15H24N+. The van der Waals surface area contributed by atoms with Crippen molar-refractivity contribution in [3.05, 3.63) is 35.9 Å². The lowest BCUT2D eigenvalue weighted by Gasteiger charge is -2.38.